The van der Waals surface area contributed by atoms with E-state index >= 15 is 0 Å². The van der Waals surface area contributed by atoms with Crippen LogP contribution in [0.4, 0.5) is 9.59 Å². The number of likely N-dealkylation sites (tertiary alicyclic amines) is 1. The van der Waals surface area contributed by atoms with Gasteiger partial charge in [0, 0.05) is 36.9 Å². The van der Waals surface area contributed by atoms with Gasteiger partial charge in [-0.1, -0.05) is 48.5 Å². The molecule has 2 spiro atoms. The van der Waals surface area contributed by atoms with Gasteiger partial charge < -0.3 is 29.5 Å². The second-order valence-corrected chi connectivity index (χ2v) is 17.0. The fraction of sp³-hybridized carbons (Fsp3) is 0.861. The predicted molar refractivity (Wildman–Crippen MR) is 165 cm³/mol. The summed E-state index contributed by atoms with van der Waals surface area (Å²) in [7, 11) is 1.63. The van der Waals surface area contributed by atoms with Gasteiger partial charge in [-0.25, -0.2) is 9.59 Å². The predicted octanol–water partition coefficient (Wildman–Crippen LogP) is 6.68. The van der Waals surface area contributed by atoms with E-state index in [0.717, 1.165) is 70.2 Å². The van der Waals surface area contributed by atoms with Crippen molar-refractivity contribution in [3.63, 3.8) is 0 Å². The number of fused-ring (bicyclic) bond motifs is 4. The van der Waals surface area contributed by atoms with Crippen LogP contribution >= 0.6 is 0 Å². The minimum absolute atomic E-state index is 0.0792. The zero-order valence-corrected chi connectivity index (χ0v) is 28.3. The monoisotopic (exact) mass is 611 g/mol. The summed E-state index contributed by atoms with van der Waals surface area (Å²) < 4.78 is 18.8. The number of nitrogens with zero attached hydrogens (tertiary/aromatic N) is 1. The summed E-state index contributed by atoms with van der Waals surface area (Å²) in [5, 5.41) is 15.1. The normalized spacial score (nSPS) is 46.9. The van der Waals surface area contributed by atoms with Gasteiger partial charge in [0.15, 0.2) is 0 Å². The number of carbonyl (C=O) groups is 2. The molecule has 8 nitrogen and oxygen atoms in total. The van der Waals surface area contributed by atoms with Crippen molar-refractivity contribution in [2.45, 2.75) is 125 Å². The van der Waals surface area contributed by atoms with E-state index in [0.29, 0.717) is 5.92 Å². The lowest BCUT2D eigenvalue weighted by Crippen LogP contribution is -2.59. The molecule has 5 saturated carbocycles. The molecule has 7 rings (SSSR count). The molecule has 7 aliphatic rings. The van der Waals surface area contributed by atoms with E-state index in [1.807, 2.05) is 0 Å². The van der Waals surface area contributed by atoms with E-state index in [1.165, 1.54) is 12.8 Å². The zero-order valence-electron chi connectivity index (χ0n) is 28.3. The number of aliphatic hydroxyl groups excluding tert-OH is 1. The van der Waals surface area contributed by atoms with Crippen LogP contribution in [-0.4, -0.2) is 60.6 Å². The Morgan fingerprint density at radius 2 is 1.82 bits per heavy atom. The number of rotatable bonds is 4. The summed E-state index contributed by atoms with van der Waals surface area (Å²) in [5.41, 5.74) is -0.186. The third-order valence-electron chi connectivity index (χ3n) is 14.7. The molecule has 44 heavy (non-hydrogen) atoms. The third-order valence-corrected chi connectivity index (χ3v) is 14.7. The first-order valence-electron chi connectivity index (χ1n) is 17.5. The highest BCUT2D eigenvalue weighted by atomic mass is 16.6. The van der Waals surface area contributed by atoms with Gasteiger partial charge in [-0.2, -0.15) is 0 Å². The Labute approximate surface area is 264 Å². The lowest BCUT2D eigenvalue weighted by atomic mass is 9.41. The van der Waals surface area contributed by atoms with Crippen molar-refractivity contribution in [3.05, 3.63) is 18.1 Å². The van der Waals surface area contributed by atoms with E-state index in [4.69, 9.17) is 14.2 Å². The van der Waals surface area contributed by atoms with Gasteiger partial charge in [0.25, 0.3) is 0 Å². The molecule has 8 heteroatoms. The number of amides is 2. The van der Waals surface area contributed by atoms with Crippen LogP contribution in [0.1, 0.15) is 106 Å². The van der Waals surface area contributed by atoms with Gasteiger partial charge in [0.2, 0.25) is 0 Å². The fourth-order valence-electron chi connectivity index (χ4n) is 12.3. The van der Waals surface area contributed by atoms with Crippen LogP contribution in [0.2, 0.25) is 0 Å². The first kappa shape index (κ1) is 31.1. The molecule has 2 aliphatic heterocycles. The largest absolute Gasteiger partial charge is 0.446 e. The number of ether oxygens (including phenoxy) is 3. The number of hydrogen-bond acceptors (Lipinski definition) is 6. The highest BCUT2D eigenvalue weighted by Gasteiger charge is 2.85. The SMILES string of the molecule is CNC(=O)OC1CC[C@]23C[C@]24CC[C@]2(C)[C@@H]5[C](O[C]([C@H](OC(=O)N6CCC6)C(C)C)C[C@H]5C)[C@H](O)[C@@]2(C)[C]4CC[C@H]3C1(C)C. The van der Waals surface area contributed by atoms with E-state index < -0.39 is 12.2 Å². The molecule has 3 radical (unpaired) electrons. The highest BCUT2D eigenvalue weighted by Crippen LogP contribution is 2.90. The topological polar surface area (TPSA) is 97.3 Å². The molecule has 245 valence electrons. The molecule has 0 aromatic carbocycles. The van der Waals surface area contributed by atoms with E-state index in [2.05, 4.69) is 53.8 Å². The smallest absolute Gasteiger partial charge is 0.410 e. The number of alkyl carbamates (subject to hydrolysis) is 1. The zero-order chi connectivity index (χ0) is 31.6. The Bertz CT molecular complexity index is 1190. The van der Waals surface area contributed by atoms with Crippen LogP contribution in [-0.2, 0) is 14.2 Å². The van der Waals surface area contributed by atoms with Crippen molar-refractivity contribution in [1.29, 1.82) is 0 Å². The Hall–Kier alpha value is -1.54. The summed E-state index contributed by atoms with van der Waals surface area (Å²) in [4.78, 5) is 26.8. The van der Waals surface area contributed by atoms with Crippen LogP contribution in [0.3, 0.4) is 0 Å². The standard InChI is InChI=1S/C36H55N2O6/c1-20(2)27(44-31(41)38-16-9-17-38)22-18-21(3)26-28(42-22)29(39)34(7)24-11-10-23-32(4,5)25(43-30(40)37-8)12-13-35(23)19-36(24,35)15-14-33(26,34)6/h20-21,23,25-27,29,39H,9-19H2,1-8H3,(H,37,40)/t21-,23+,25?,26+,27-,29+,33-,34-,35-,36+/m1/s1. The fourth-order valence-corrected chi connectivity index (χ4v) is 12.3. The Morgan fingerprint density at radius 3 is 2.45 bits per heavy atom. The average molecular weight is 612 g/mol. The van der Waals surface area contributed by atoms with Crippen LogP contribution in [0, 0.1) is 68.9 Å². The summed E-state index contributed by atoms with van der Waals surface area (Å²) in [6.07, 6.45) is 9.13. The first-order chi connectivity index (χ1) is 20.7. The van der Waals surface area contributed by atoms with Gasteiger partial charge in [-0.3, -0.25) is 0 Å². The number of carbonyl (C=O) groups excluding carboxylic acids is 2. The van der Waals surface area contributed by atoms with Crippen LogP contribution < -0.4 is 5.32 Å². The molecule has 2 heterocycles. The summed E-state index contributed by atoms with van der Waals surface area (Å²) in [6.45, 7) is 17.4. The second kappa shape index (κ2) is 9.98. The van der Waals surface area contributed by atoms with Crippen molar-refractivity contribution in [2.75, 3.05) is 20.1 Å². The van der Waals surface area contributed by atoms with E-state index in [-0.39, 0.29) is 63.1 Å². The molecular weight excluding hydrogens is 556 g/mol. The molecule has 2 saturated heterocycles. The maximum Gasteiger partial charge on any atom is 0.410 e. The van der Waals surface area contributed by atoms with Gasteiger partial charge >= 0.3 is 12.2 Å². The van der Waals surface area contributed by atoms with E-state index in [1.54, 1.807) is 17.9 Å². The maximum absolute atomic E-state index is 12.9. The Morgan fingerprint density at radius 1 is 1.09 bits per heavy atom. The molecule has 10 atom stereocenters. The van der Waals surface area contributed by atoms with Gasteiger partial charge in [0.1, 0.15) is 24.4 Å². The molecule has 0 bridgehead atoms. The average Bonchev–Trinajstić information content (AvgIpc) is 3.56. The quantitative estimate of drug-likeness (QED) is 0.368. The molecule has 0 aromatic heterocycles. The Balaban J connectivity index is 1.15. The maximum atomic E-state index is 12.9. The van der Waals surface area contributed by atoms with Crippen molar-refractivity contribution in [3.8, 4) is 0 Å². The summed E-state index contributed by atoms with van der Waals surface area (Å²) in [5.74, 6) is 2.61. The summed E-state index contributed by atoms with van der Waals surface area (Å²) in [6, 6.07) is 0. The van der Waals surface area contributed by atoms with Gasteiger partial charge in [-0.05, 0) is 97.7 Å². The van der Waals surface area contributed by atoms with Crippen molar-refractivity contribution in [1.82, 2.24) is 10.2 Å². The molecular formula is C36H55N2O6. The van der Waals surface area contributed by atoms with Gasteiger partial charge in [-0.15, -0.1) is 0 Å². The molecule has 7 fully saturated rings. The Kier molecular flexibility index (Phi) is 7.05. The minimum atomic E-state index is -0.684. The minimum Gasteiger partial charge on any atom is -0.446 e. The highest BCUT2D eigenvalue weighted by molar-refractivity contribution is 5.69. The lowest BCUT2D eigenvalue weighted by molar-refractivity contribution is -0.126. The molecule has 2 N–H and O–H groups in total. The first-order valence-corrected chi connectivity index (χ1v) is 17.5. The molecule has 0 aromatic rings. The third kappa shape index (κ3) is 3.82. The van der Waals surface area contributed by atoms with E-state index in [9.17, 15) is 14.7 Å². The number of hydrogen-bond donors (Lipinski definition) is 2. The van der Waals surface area contributed by atoms with Crippen LogP contribution in [0.15, 0.2) is 0 Å². The van der Waals surface area contributed by atoms with Crippen LogP contribution in [0.5, 0.6) is 0 Å². The van der Waals surface area contributed by atoms with Crippen molar-refractivity contribution < 1.29 is 28.9 Å². The van der Waals surface area contributed by atoms with Crippen molar-refractivity contribution in [2.24, 2.45) is 50.7 Å². The molecule has 2 amide bonds. The number of nitrogens with one attached hydrogen (secondary N) is 1. The second-order valence-electron chi connectivity index (χ2n) is 17.0. The molecule has 5 aliphatic carbocycles. The lowest BCUT2D eigenvalue weighted by Gasteiger charge is -2.63. The van der Waals surface area contributed by atoms with Crippen molar-refractivity contribution >= 4 is 12.2 Å². The van der Waals surface area contributed by atoms with Gasteiger partial charge in [0.05, 0.1) is 6.10 Å². The summed E-state index contributed by atoms with van der Waals surface area (Å²) >= 11 is 0. The van der Waals surface area contributed by atoms with Crippen LogP contribution in [0.25, 0.3) is 0 Å². The molecule has 1 unspecified atom stereocenters. The number of aliphatic hydroxyl groups is 1.